The van der Waals surface area contributed by atoms with Gasteiger partial charge in [0.25, 0.3) is 5.91 Å². The van der Waals surface area contributed by atoms with E-state index in [1.165, 1.54) is 84.6 Å². The van der Waals surface area contributed by atoms with Gasteiger partial charge in [-0.1, -0.05) is 95.2 Å². The highest BCUT2D eigenvalue weighted by molar-refractivity contribution is 6.07. The Kier molecular flexibility index (Phi) is 32.3. The van der Waals surface area contributed by atoms with Crippen molar-refractivity contribution in [1.82, 2.24) is 55.6 Å². The van der Waals surface area contributed by atoms with Crippen molar-refractivity contribution in [3.05, 3.63) is 12.2 Å². The Bertz CT molecular complexity index is 2530. The largest absolute Gasteiger partial charge is 0.467 e. The highest BCUT2D eigenvalue weighted by atomic mass is 16.5. The number of ether oxygens (including phenoxy) is 1. The van der Waals surface area contributed by atoms with Crippen molar-refractivity contribution in [2.45, 2.75) is 234 Å². The lowest BCUT2D eigenvalue weighted by atomic mass is 9.91. The van der Waals surface area contributed by atoms with Gasteiger partial charge in [0.15, 0.2) is 0 Å². The van der Waals surface area contributed by atoms with E-state index in [-0.39, 0.29) is 49.9 Å². The van der Waals surface area contributed by atoms with Crippen molar-refractivity contribution in [3.63, 3.8) is 0 Å². The summed E-state index contributed by atoms with van der Waals surface area (Å²) in [6, 6.07) is -16.0. The zero-order valence-corrected chi connectivity index (χ0v) is 58.6. The monoisotopic (exact) mass is 1280 g/mol. The van der Waals surface area contributed by atoms with Gasteiger partial charge in [-0.05, 0) is 102 Å². The Labute approximate surface area is 535 Å². The normalized spacial score (nSPS) is 27.0. The number of rotatable bonds is 16. The van der Waals surface area contributed by atoms with E-state index in [1.807, 2.05) is 41.5 Å². The predicted octanol–water partition coefficient (Wildman–Crippen LogP) is 1.93. The molecule has 1 heterocycles. The summed E-state index contributed by atoms with van der Waals surface area (Å²) in [4.78, 5) is 183. The molecule has 26 heteroatoms. The van der Waals surface area contributed by atoms with Gasteiger partial charge in [-0.25, -0.2) is 4.79 Å². The van der Waals surface area contributed by atoms with Gasteiger partial charge in [0.05, 0.1) is 18.8 Å². The topological polar surface area (TPSA) is 325 Å². The summed E-state index contributed by atoms with van der Waals surface area (Å²) in [5.74, 6) is -13.1. The average Bonchev–Trinajstić information content (AvgIpc) is 0.938. The van der Waals surface area contributed by atoms with E-state index in [0.717, 1.165) is 40.8 Å². The van der Waals surface area contributed by atoms with Crippen LogP contribution in [0.15, 0.2) is 12.2 Å². The second kappa shape index (κ2) is 35.8. The van der Waals surface area contributed by atoms with Crippen LogP contribution in [-0.2, 0) is 62.3 Å². The van der Waals surface area contributed by atoms with Crippen LogP contribution in [0.4, 0.5) is 0 Å². The molecule has 13 atom stereocenters. The van der Waals surface area contributed by atoms with Crippen LogP contribution in [0.3, 0.4) is 0 Å². The van der Waals surface area contributed by atoms with E-state index >= 15 is 9.59 Å². The summed E-state index contributed by atoms with van der Waals surface area (Å²) in [5.41, 5.74) is -1.69. The van der Waals surface area contributed by atoms with E-state index in [4.69, 9.17) is 4.74 Å². The molecule has 0 radical (unpaired) electrons. The lowest BCUT2D eigenvalue weighted by Gasteiger charge is -2.41. The summed E-state index contributed by atoms with van der Waals surface area (Å²) >= 11 is 0. The number of carbonyl (C=O) groups is 12. The van der Waals surface area contributed by atoms with Gasteiger partial charge >= 0.3 is 5.97 Å². The Morgan fingerprint density at radius 2 is 0.956 bits per heavy atom. The standard InChI is InChI=1S/C64H113N11O15/c1-26-28-29-39(13)51(76)49-55(80)67-42(27-2)57(82)75(24)50(63(88)90-25)62(87)72(21)46(33-64(16,17)89)54(79)68-47(37(9)10)60(85)69(18)43(30-34(3)4)53(78)65-40(14)52(77)66-41(15)56(81)70(19)44(31-35(5)6)58(83)71(20)45(32-36(7)8)59(84)73(22)48(38(11)12)61(86)74(49)23/h26,28,34-51,76,89H,27,29-33H2,1-25H3,(H,65,78)(H,66,77)(H,67,80)(H,68,79)/b28-26+/t39-,40+,41-,42+,43+,44+,45+,46+,47+,48+,49+,50?,51-/m1/s1. The molecule has 1 aliphatic heterocycles. The molecule has 90 heavy (non-hydrogen) atoms. The number of carbonyl (C=O) groups excluding carboxylic acids is 12. The van der Waals surface area contributed by atoms with Gasteiger partial charge in [-0.2, -0.15) is 0 Å². The number of esters is 1. The average molecular weight is 1280 g/mol. The molecule has 0 aromatic heterocycles. The van der Waals surface area contributed by atoms with Gasteiger partial charge in [-0.15, -0.1) is 0 Å². The summed E-state index contributed by atoms with van der Waals surface area (Å²) in [6.07, 6.45) is 1.78. The maximum atomic E-state index is 15.2. The molecule has 6 N–H and O–H groups in total. The molecule has 514 valence electrons. The molecule has 1 unspecified atom stereocenters. The SMILES string of the molecule is C/C=C/C[C@@H](C)[C@@H](O)[C@H]1C(=O)N[C@@H](CC)C(=O)N(C)C(C(=O)OC)C(=O)N(C)[C@@H](CC(C)(C)O)C(=O)N[C@@H](C(C)C)C(=O)N(C)[C@@H](CC(C)C)C(=O)N[C@@H](C)C(=O)N[C@H](C)C(=O)N(C)[C@@H](CC(C)C)C(=O)N(C)[C@@H](CC(C)C)C(=O)N(C)[C@@H](C(C)C)C(=O)N1C. The molecule has 26 nitrogen and oxygen atoms in total. The van der Waals surface area contributed by atoms with Gasteiger partial charge in [0, 0.05) is 55.8 Å². The lowest BCUT2D eigenvalue weighted by Crippen LogP contribution is -2.64. The van der Waals surface area contributed by atoms with Crippen LogP contribution in [0.2, 0.25) is 0 Å². The Balaban J connectivity index is 4.53. The Morgan fingerprint density at radius 3 is 1.40 bits per heavy atom. The van der Waals surface area contributed by atoms with Crippen LogP contribution >= 0.6 is 0 Å². The first-order chi connectivity index (χ1) is 41.4. The van der Waals surface area contributed by atoms with Crippen LogP contribution in [0.1, 0.15) is 156 Å². The molecular formula is C64H113N11O15. The smallest absolute Gasteiger partial charge is 0.338 e. The minimum absolute atomic E-state index is 0.0782. The zero-order chi connectivity index (χ0) is 70.1. The van der Waals surface area contributed by atoms with E-state index in [2.05, 4.69) is 21.3 Å². The van der Waals surface area contributed by atoms with E-state index in [0.29, 0.717) is 0 Å². The fraction of sp³-hybridized carbons (Fsp3) is 0.781. The summed E-state index contributed by atoms with van der Waals surface area (Å²) in [7, 11) is 10.1. The third kappa shape index (κ3) is 22.0. The van der Waals surface area contributed by atoms with E-state index < -0.39 is 173 Å². The third-order valence-electron chi connectivity index (χ3n) is 16.7. The number of aliphatic hydroxyl groups is 2. The zero-order valence-electron chi connectivity index (χ0n) is 58.6. The Morgan fingerprint density at radius 1 is 0.522 bits per heavy atom. The number of nitrogens with one attached hydrogen (secondary N) is 4. The fourth-order valence-corrected chi connectivity index (χ4v) is 11.1. The van der Waals surface area contributed by atoms with Crippen LogP contribution in [0.25, 0.3) is 0 Å². The minimum atomic E-state index is -2.13. The van der Waals surface area contributed by atoms with Gasteiger partial charge in [0.1, 0.15) is 60.4 Å². The number of aliphatic hydroxyl groups excluding tert-OH is 1. The molecule has 0 aromatic carbocycles. The predicted molar refractivity (Wildman–Crippen MR) is 341 cm³/mol. The maximum absolute atomic E-state index is 15.2. The first kappa shape index (κ1) is 81.3. The van der Waals surface area contributed by atoms with Gasteiger partial charge < -0.3 is 70.5 Å². The van der Waals surface area contributed by atoms with Crippen molar-refractivity contribution < 1.29 is 72.5 Å². The molecule has 0 spiro atoms. The first-order valence-corrected chi connectivity index (χ1v) is 31.6. The molecule has 1 fully saturated rings. The van der Waals surface area contributed by atoms with Crippen molar-refractivity contribution in [3.8, 4) is 0 Å². The molecular weight excluding hydrogens is 1160 g/mol. The van der Waals surface area contributed by atoms with Gasteiger partial charge in [0.2, 0.25) is 65.1 Å². The van der Waals surface area contributed by atoms with E-state index in [9.17, 15) is 58.2 Å². The molecule has 1 rings (SSSR count). The number of likely N-dealkylation sites (N-methyl/N-ethyl adjacent to an activating group) is 7. The number of hydrogen-bond donors (Lipinski definition) is 6. The van der Waals surface area contributed by atoms with Crippen LogP contribution in [0, 0.1) is 35.5 Å². The van der Waals surface area contributed by atoms with Crippen molar-refractivity contribution >= 4 is 70.9 Å². The summed E-state index contributed by atoms with van der Waals surface area (Å²) < 4.78 is 5.06. The highest BCUT2D eigenvalue weighted by Gasteiger charge is 2.48. The molecule has 1 aliphatic rings. The van der Waals surface area contributed by atoms with Crippen molar-refractivity contribution in [2.75, 3.05) is 56.4 Å². The maximum Gasteiger partial charge on any atom is 0.338 e. The fourth-order valence-electron chi connectivity index (χ4n) is 11.1. The van der Waals surface area contributed by atoms with Crippen molar-refractivity contribution in [1.29, 1.82) is 0 Å². The number of allylic oxidation sites excluding steroid dienone is 2. The van der Waals surface area contributed by atoms with Crippen molar-refractivity contribution in [2.24, 2.45) is 35.5 Å². The summed E-state index contributed by atoms with van der Waals surface area (Å²) in [5, 5.41) is 34.0. The van der Waals surface area contributed by atoms with Crippen LogP contribution < -0.4 is 21.3 Å². The number of nitrogens with zero attached hydrogens (tertiary/aromatic N) is 7. The third-order valence-corrected chi connectivity index (χ3v) is 16.7. The summed E-state index contributed by atoms with van der Waals surface area (Å²) in [6.45, 7) is 28.1. The Hall–Kier alpha value is -6.70. The van der Waals surface area contributed by atoms with Crippen LogP contribution in [0.5, 0.6) is 0 Å². The number of methoxy groups -OCH3 is 1. The molecule has 11 amide bonds. The second-order valence-electron chi connectivity index (χ2n) is 27.1. The molecule has 0 aliphatic carbocycles. The number of amides is 11. The second-order valence-corrected chi connectivity index (χ2v) is 27.1. The molecule has 0 bridgehead atoms. The lowest BCUT2D eigenvalue weighted by molar-refractivity contribution is -0.162. The molecule has 0 aromatic rings. The first-order valence-electron chi connectivity index (χ1n) is 31.6. The molecule has 0 saturated carbocycles. The molecule has 1 saturated heterocycles. The van der Waals surface area contributed by atoms with Gasteiger partial charge in [-0.3, -0.25) is 52.7 Å². The number of hydrogen-bond acceptors (Lipinski definition) is 15. The minimum Gasteiger partial charge on any atom is -0.467 e. The van der Waals surface area contributed by atoms with E-state index in [1.54, 1.807) is 53.7 Å². The van der Waals surface area contributed by atoms with Crippen LogP contribution in [-0.4, -0.2) is 250 Å². The highest BCUT2D eigenvalue weighted by Crippen LogP contribution is 2.26. The quantitative estimate of drug-likeness (QED) is 0.0731.